The van der Waals surface area contributed by atoms with Gasteiger partial charge in [0.2, 0.25) is 0 Å². The maximum atomic E-state index is 14.3. The molecule has 2 nitrogen and oxygen atoms in total. The average Bonchev–Trinajstić information content (AvgIpc) is 3.30. The minimum Gasteiger partial charge on any atom is -0.259 e. The molecule has 0 amide bonds. The summed E-state index contributed by atoms with van der Waals surface area (Å²) >= 11 is 0. The summed E-state index contributed by atoms with van der Waals surface area (Å²) in [6, 6.07) is -0.0387. The van der Waals surface area contributed by atoms with Gasteiger partial charge in [0.25, 0.3) is 0 Å². The van der Waals surface area contributed by atoms with Gasteiger partial charge in [-0.15, -0.1) is 0 Å². The molecule has 0 radical (unpaired) electrons. The van der Waals surface area contributed by atoms with Crippen molar-refractivity contribution in [2.24, 2.45) is 16.9 Å². The molecule has 3 rings (SSSR count). The van der Waals surface area contributed by atoms with Crippen LogP contribution < -0.4 is 0 Å². The van der Waals surface area contributed by atoms with Gasteiger partial charge in [0.1, 0.15) is 6.17 Å². The summed E-state index contributed by atoms with van der Waals surface area (Å²) in [5.74, 6) is 1.13. The summed E-state index contributed by atoms with van der Waals surface area (Å²) in [6.45, 7) is 14.4. The molecule has 3 atom stereocenters. The van der Waals surface area contributed by atoms with E-state index in [0.29, 0.717) is 24.0 Å². The molecule has 1 saturated heterocycles. The van der Waals surface area contributed by atoms with Crippen molar-refractivity contribution in [1.29, 1.82) is 0 Å². The van der Waals surface area contributed by atoms with Gasteiger partial charge in [-0.3, -0.25) is 5.01 Å². The minimum absolute atomic E-state index is 0.0387. The van der Waals surface area contributed by atoms with Crippen LogP contribution in [0.5, 0.6) is 0 Å². The quantitative estimate of drug-likeness (QED) is 0.654. The maximum absolute atomic E-state index is 14.3. The highest BCUT2D eigenvalue weighted by atomic mass is 19.1. The lowest BCUT2D eigenvalue weighted by atomic mass is 9.88. The van der Waals surface area contributed by atoms with Gasteiger partial charge in [-0.05, 0) is 61.7 Å². The Hall–Kier alpha value is -1.64. The van der Waals surface area contributed by atoms with E-state index in [1.165, 1.54) is 24.0 Å². The Balaban J connectivity index is 1.87. The summed E-state index contributed by atoms with van der Waals surface area (Å²) in [5.41, 5.74) is 4.94. The van der Waals surface area contributed by atoms with E-state index in [0.717, 1.165) is 17.7 Å². The van der Waals surface area contributed by atoms with Crippen LogP contribution in [0.3, 0.4) is 0 Å². The lowest BCUT2D eigenvalue weighted by Gasteiger charge is -2.28. The molecule has 0 spiro atoms. The van der Waals surface area contributed by atoms with Crippen LogP contribution in [0.15, 0.2) is 52.8 Å². The highest BCUT2D eigenvalue weighted by molar-refractivity contribution is 5.98. The molecule has 0 bridgehead atoms. The van der Waals surface area contributed by atoms with Crippen molar-refractivity contribution in [2.45, 2.75) is 58.7 Å². The van der Waals surface area contributed by atoms with Crippen LogP contribution >= 0.6 is 0 Å². The van der Waals surface area contributed by atoms with Crippen molar-refractivity contribution >= 4 is 5.71 Å². The molecule has 124 valence electrons. The van der Waals surface area contributed by atoms with Crippen molar-refractivity contribution in [3.63, 3.8) is 0 Å². The first-order valence-corrected chi connectivity index (χ1v) is 8.63. The van der Waals surface area contributed by atoms with Crippen LogP contribution in [-0.2, 0) is 0 Å². The maximum Gasteiger partial charge on any atom is 0.143 e. The van der Waals surface area contributed by atoms with Gasteiger partial charge in [0.05, 0.1) is 17.5 Å². The van der Waals surface area contributed by atoms with Crippen molar-refractivity contribution in [3.8, 4) is 0 Å². The third-order valence-electron chi connectivity index (χ3n) is 5.23. The van der Waals surface area contributed by atoms with E-state index in [1.807, 2.05) is 11.9 Å². The summed E-state index contributed by atoms with van der Waals surface area (Å²) in [4.78, 5) is 0. The summed E-state index contributed by atoms with van der Waals surface area (Å²) in [7, 11) is 0. The Bertz CT molecular complexity index is 622. The number of nitrogens with zero attached hydrogens (tertiary/aromatic N) is 2. The molecule has 3 heteroatoms. The molecule has 3 unspecified atom stereocenters. The van der Waals surface area contributed by atoms with Crippen molar-refractivity contribution in [2.75, 3.05) is 0 Å². The summed E-state index contributed by atoms with van der Waals surface area (Å²) in [5, 5.41) is 6.53. The van der Waals surface area contributed by atoms with Crippen LogP contribution in [0.25, 0.3) is 0 Å². The molecule has 0 N–H and O–H groups in total. The standard InChI is InChI=1S/C20H27FN2/c1-12-6-9-18(13(2)10-12)20-11-19(21)16(5)23(20)22-15(4)14(3)17-7-8-17/h9-10,12,17,19-20H,3,5-8,11H2,1-2,4H3/b22-15+. The Morgan fingerprint density at radius 2 is 2.09 bits per heavy atom. The first-order chi connectivity index (χ1) is 10.9. The fourth-order valence-electron chi connectivity index (χ4n) is 3.58. The van der Waals surface area contributed by atoms with E-state index in [-0.39, 0.29) is 6.04 Å². The van der Waals surface area contributed by atoms with Gasteiger partial charge in [-0.25, -0.2) is 4.39 Å². The topological polar surface area (TPSA) is 15.6 Å². The number of hydrazone groups is 1. The van der Waals surface area contributed by atoms with E-state index in [1.54, 1.807) is 0 Å². The van der Waals surface area contributed by atoms with Crippen LogP contribution in [0.1, 0.15) is 46.5 Å². The number of rotatable bonds is 4. The second kappa shape index (κ2) is 6.10. The SMILES string of the molecule is C=C(/C(C)=N/N1C(=C)C(F)CC1C1=CCC(C)C=C1C)C1CC1. The van der Waals surface area contributed by atoms with Crippen molar-refractivity contribution < 1.29 is 4.39 Å². The fourth-order valence-corrected chi connectivity index (χ4v) is 3.58. The predicted octanol–water partition coefficient (Wildman–Crippen LogP) is 5.17. The van der Waals surface area contributed by atoms with E-state index in [9.17, 15) is 4.39 Å². The van der Waals surface area contributed by atoms with Gasteiger partial charge in [-0.2, -0.15) is 5.10 Å². The fraction of sp³-hybridized carbons (Fsp3) is 0.550. The Kier molecular flexibility index (Phi) is 4.31. The van der Waals surface area contributed by atoms with Gasteiger partial charge in [-0.1, -0.05) is 32.2 Å². The first-order valence-electron chi connectivity index (χ1n) is 8.63. The minimum atomic E-state index is -1.02. The number of hydrogen-bond donors (Lipinski definition) is 0. The molecule has 1 saturated carbocycles. The third kappa shape index (κ3) is 3.19. The van der Waals surface area contributed by atoms with E-state index < -0.39 is 6.17 Å². The molecule has 0 aromatic rings. The number of hydrogen-bond acceptors (Lipinski definition) is 2. The zero-order chi connectivity index (χ0) is 16.7. The molecular formula is C20H27FN2. The van der Waals surface area contributed by atoms with E-state index >= 15 is 0 Å². The molecule has 23 heavy (non-hydrogen) atoms. The number of alkyl halides is 1. The zero-order valence-corrected chi connectivity index (χ0v) is 14.5. The summed E-state index contributed by atoms with van der Waals surface area (Å²) < 4.78 is 14.3. The Morgan fingerprint density at radius 3 is 2.70 bits per heavy atom. The summed E-state index contributed by atoms with van der Waals surface area (Å²) in [6.07, 6.45) is 7.37. The van der Waals surface area contributed by atoms with Gasteiger partial charge < -0.3 is 0 Å². The van der Waals surface area contributed by atoms with Crippen LogP contribution in [0, 0.1) is 11.8 Å². The van der Waals surface area contributed by atoms with Crippen molar-refractivity contribution in [1.82, 2.24) is 5.01 Å². The number of halogens is 1. The molecule has 0 aromatic heterocycles. The van der Waals surface area contributed by atoms with E-state index in [4.69, 9.17) is 5.10 Å². The molecule has 3 aliphatic rings. The van der Waals surface area contributed by atoms with Crippen LogP contribution in [-0.4, -0.2) is 22.9 Å². The molecule has 1 aliphatic heterocycles. The molecule has 2 fully saturated rings. The average molecular weight is 314 g/mol. The Morgan fingerprint density at radius 1 is 1.39 bits per heavy atom. The predicted molar refractivity (Wildman–Crippen MR) is 94.9 cm³/mol. The lowest BCUT2D eigenvalue weighted by molar-refractivity contribution is 0.340. The second-order valence-electron chi connectivity index (χ2n) is 7.26. The van der Waals surface area contributed by atoms with E-state index in [2.05, 4.69) is 39.2 Å². The molecular weight excluding hydrogens is 287 g/mol. The smallest absolute Gasteiger partial charge is 0.143 e. The second-order valence-corrected chi connectivity index (χ2v) is 7.26. The first kappa shape index (κ1) is 16.2. The van der Waals surface area contributed by atoms with Gasteiger partial charge >= 0.3 is 0 Å². The zero-order valence-electron chi connectivity index (χ0n) is 14.5. The third-order valence-corrected chi connectivity index (χ3v) is 5.23. The molecule has 1 heterocycles. The number of allylic oxidation sites excluding steroid dienone is 4. The Labute approximate surface area is 139 Å². The molecule has 0 aromatic carbocycles. The highest BCUT2D eigenvalue weighted by Crippen LogP contribution is 2.40. The van der Waals surface area contributed by atoms with Crippen LogP contribution in [0.4, 0.5) is 4.39 Å². The van der Waals surface area contributed by atoms with Crippen LogP contribution in [0.2, 0.25) is 0 Å². The van der Waals surface area contributed by atoms with Gasteiger partial charge in [0.15, 0.2) is 0 Å². The lowest BCUT2D eigenvalue weighted by Crippen LogP contribution is -2.28. The molecule has 2 aliphatic carbocycles. The highest BCUT2D eigenvalue weighted by Gasteiger charge is 2.39. The monoisotopic (exact) mass is 314 g/mol. The largest absolute Gasteiger partial charge is 0.259 e. The normalized spacial score (nSPS) is 32.0. The van der Waals surface area contributed by atoms with Crippen molar-refractivity contribution in [3.05, 3.63) is 47.7 Å². The van der Waals surface area contributed by atoms with Gasteiger partial charge in [0, 0.05) is 6.42 Å².